The maximum Gasteiger partial charge on any atom is 0.228 e. The minimum atomic E-state index is -0.0902. The average Bonchev–Trinajstić information content (AvgIpc) is 2.46. The monoisotopic (exact) mass is 281 g/mol. The molecule has 6 heteroatoms. The van der Waals surface area contributed by atoms with Crippen molar-refractivity contribution in [2.75, 3.05) is 38.7 Å². The molecule has 1 heterocycles. The Bertz CT molecular complexity index is 395. The van der Waals surface area contributed by atoms with E-state index in [1.165, 1.54) is 0 Å². The Morgan fingerprint density at radius 1 is 1.40 bits per heavy atom. The second kappa shape index (κ2) is 9.28. The van der Waals surface area contributed by atoms with Crippen molar-refractivity contribution in [1.82, 2.24) is 10.3 Å². The molecule has 1 rings (SSSR count). The zero-order valence-corrected chi connectivity index (χ0v) is 12.3. The standard InChI is InChI=1S/C14H23N3O3/c1-4-15-9-11(2)14(18)17-12-5-6-13(16-10-12)20-8-7-19-3/h5-6,10-11,15H,4,7-9H2,1-3H3,(H,17,18). The molecule has 20 heavy (non-hydrogen) atoms. The minimum Gasteiger partial charge on any atom is -0.475 e. The van der Waals surface area contributed by atoms with Gasteiger partial charge < -0.3 is 20.1 Å². The molecule has 0 saturated carbocycles. The van der Waals surface area contributed by atoms with Crippen LogP contribution in [0.2, 0.25) is 0 Å². The highest BCUT2D eigenvalue weighted by molar-refractivity contribution is 5.92. The molecule has 0 aliphatic carbocycles. The van der Waals surface area contributed by atoms with Crippen LogP contribution < -0.4 is 15.4 Å². The predicted molar refractivity (Wildman–Crippen MR) is 77.9 cm³/mol. The van der Waals surface area contributed by atoms with Gasteiger partial charge in [0.25, 0.3) is 0 Å². The van der Waals surface area contributed by atoms with Crippen molar-refractivity contribution >= 4 is 11.6 Å². The summed E-state index contributed by atoms with van der Waals surface area (Å²) >= 11 is 0. The molecule has 0 aliphatic rings. The normalized spacial score (nSPS) is 11.9. The van der Waals surface area contributed by atoms with E-state index in [9.17, 15) is 4.79 Å². The minimum absolute atomic E-state index is 0.0270. The Morgan fingerprint density at radius 3 is 2.80 bits per heavy atom. The molecule has 0 radical (unpaired) electrons. The first-order chi connectivity index (χ1) is 9.67. The van der Waals surface area contributed by atoms with Crippen molar-refractivity contribution < 1.29 is 14.3 Å². The van der Waals surface area contributed by atoms with Crippen molar-refractivity contribution in [2.24, 2.45) is 5.92 Å². The van der Waals surface area contributed by atoms with Crippen LogP contribution >= 0.6 is 0 Å². The highest BCUT2D eigenvalue weighted by Crippen LogP contribution is 2.12. The summed E-state index contributed by atoms with van der Waals surface area (Å²) in [6, 6.07) is 3.49. The van der Waals surface area contributed by atoms with Crippen LogP contribution in [0.1, 0.15) is 13.8 Å². The first-order valence-electron chi connectivity index (χ1n) is 6.76. The van der Waals surface area contributed by atoms with E-state index in [1.54, 1.807) is 25.4 Å². The van der Waals surface area contributed by atoms with Gasteiger partial charge in [-0.3, -0.25) is 4.79 Å². The van der Waals surface area contributed by atoms with E-state index < -0.39 is 0 Å². The number of carbonyl (C=O) groups is 1. The molecular formula is C14H23N3O3. The van der Waals surface area contributed by atoms with Gasteiger partial charge >= 0.3 is 0 Å². The number of aromatic nitrogens is 1. The number of nitrogens with one attached hydrogen (secondary N) is 2. The topological polar surface area (TPSA) is 72.5 Å². The number of rotatable bonds is 9. The molecule has 0 spiro atoms. The summed E-state index contributed by atoms with van der Waals surface area (Å²) in [6.07, 6.45) is 1.58. The number of anilines is 1. The molecule has 6 nitrogen and oxygen atoms in total. The fourth-order valence-electron chi connectivity index (χ4n) is 1.49. The summed E-state index contributed by atoms with van der Waals surface area (Å²) in [4.78, 5) is 16.0. The van der Waals surface area contributed by atoms with Crippen molar-refractivity contribution in [1.29, 1.82) is 0 Å². The molecule has 1 amide bonds. The van der Waals surface area contributed by atoms with Gasteiger partial charge in [0.2, 0.25) is 11.8 Å². The lowest BCUT2D eigenvalue weighted by Gasteiger charge is -2.12. The highest BCUT2D eigenvalue weighted by atomic mass is 16.5. The maximum atomic E-state index is 11.9. The van der Waals surface area contributed by atoms with Crippen LogP contribution in [0.5, 0.6) is 5.88 Å². The number of hydrogen-bond donors (Lipinski definition) is 2. The van der Waals surface area contributed by atoms with Gasteiger partial charge in [-0.25, -0.2) is 4.98 Å². The molecule has 2 N–H and O–H groups in total. The van der Waals surface area contributed by atoms with Gasteiger partial charge in [0.1, 0.15) is 6.61 Å². The fraction of sp³-hybridized carbons (Fsp3) is 0.571. The third kappa shape index (κ3) is 5.99. The highest BCUT2D eigenvalue weighted by Gasteiger charge is 2.12. The lowest BCUT2D eigenvalue weighted by atomic mass is 10.1. The second-order valence-electron chi connectivity index (χ2n) is 4.42. The molecule has 1 unspecified atom stereocenters. The average molecular weight is 281 g/mol. The van der Waals surface area contributed by atoms with Crippen molar-refractivity contribution in [3.05, 3.63) is 18.3 Å². The van der Waals surface area contributed by atoms with Gasteiger partial charge in [-0.2, -0.15) is 0 Å². The van der Waals surface area contributed by atoms with E-state index in [0.717, 1.165) is 6.54 Å². The Labute approximate surface area is 119 Å². The molecule has 0 aliphatic heterocycles. The van der Waals surface area contributed by atoms with E-state index in [-0.39, 0.29) is 11.8 Å². The van der Waals surface area contributed by atoms with Crippen molar-refractivity contribution in [3.63, 3.8) is 0 Å². The van der Waals surface area contributed by atoms with Gasteiger partial charge in [0, 0.05) is 25.6 Å². The largest absolute Gasteiger partial charge is 0.475 e. The molecule has 0 fully saturated rings. The zero-order valence-electron chi connectivity index (χ0n) is 12.3. The Kier molecular flexibility index (Phi) is 7.60. The molecule has 112 valence electrons. The Hall–Kier alpha value is -1.66. The SMILES string of the molecule is CCNCC(C)C(=O)Nc1ccc(OCCOC)nc1. The number of ether oxygens (including phenoxy) is 2. The zero-order chi connectivity index (χ0) is 14.8. The number of carbonyl (C=O) groups excluding carboxylic acids is 1. The number of nitrogens with zero attached hydrogens (tertiary/aromatic N) is 1. The van der Waals surface area contributed by atoms with Crippen LogP contribution in [0.4, 0.5) is 5.69 Å². The smallest absolute Gasteiger partial charge is 0.228 e. The summed E-state index contributed by atoms with van der Waals surface area (Å²) < 4.78 is 10.2. The van der Waals surface area contributed by atoms with Gasteiger partial charge in [-0.1, -0.05) is 13.8 Å². The van der Waals surface area contributed by atoms with Crippen LogP contribution in [-0.4, -0.2) is 44.3 Å². The molecule has 0 bridgehead atoms. The van der Waals surface area contributed by atoms with E-state index in [1.807, 2.05) is 13.8 Å². The molecule has 0 saturated heterocycles. The number of methoxy groups -OCH3 is 1. The third-order valence-corrected chi connectivity index (χ3v) is 2.69. The van der Waals surface area contributed by atoms with Gasteiger partial charge in [-0.15, -0.1) is 0 Å². The molecule has 1 aromatic rings. The summed E-state index contributed by atoms with van der Waals surface area (Å²) in [5.41, 5.74) is 0.664. The lowest BCUT2D eigenvalue weighted by Crippen LogP contribution is -2.30. The Morgan fingerprint density at radius 2 is 2.20 bits per heavy atom. The first kappa shape index (κ1) is 16.4. The van der Waals surface area contributed by atoms with Gasteiger partial charge in [-0.05, 0) is 12.6 Å². The van der Waals surface area contributed by atoms with Crippen molar-refractivity contribution in [3.8, 4) is 5.88 Å². The van der Waals surface area contributed by atoms with Gasteiger partial charge in [0.15, 0.2) is 0 Å². The summed E-state index contributed by atoms with van der Waals surface area (Å²) in [5, 5.41) is 5.97. The van der Waals surface area contributed by atoms with E-state index in [0.29, 0.717) is 31.3 Å². The van der Waals surface area contributed by atoms with E-state index in [4.69, 9.17) is 9.47 Å². The summed E-state index contributed by atoms with van der Waals surface area (Å²) in [6.45, 7) is 6.38. The van der Waals surface area contributed by atoms with Crippen LogP contribution in [-0.2, 0) is 9.53 Å². The van der Waals surface area contributed by atoms with Gasteiger partial charge in [0.05, 0.1) is 18.5 Å². The van der Waals surface area contributed by atoms with Crippen LogP contribution in [0.25, 0.3) is 0 Å². The molecular weight excluding hydrogens is 258 g/mol. The van der Waals surface area contributed by atoms with Crippen LogP contribution in [0.15, 0.2) is 18.3 Å². The number of pyridine rings is 1. The predicted octanol–water partition coefficient (Wildman–Crippen LogP) is 1.29. The first-order valence-corrected chi connectivity index (χ1v) is 6.76. The quantitative estimate of drug-likeness (QED) is 0.667. The molecule has 1 atom stereocenters. The van der Waals surface area contributed by atoms with Crippen LogP contribution in [0, 0.1) is 5.92 Å². The van der Waals surface area contributed by atoms with Crippen LogP contribution in [0.3, 0.4) is 0 Å². The lowest BCUT2D eigenvalue weighted by molar-refractivity contribution is -0.119. The second-order valence-corrected chi connectivity index (χ2v) is 4.42. The summed E-state index contributed by atoms with van der Waals surface area (Å²) in [5.74, 6) is 0.397. The maximum absolute atomic E-state index is 11.9. The van der Waals surface area contributed by atoms with Crippen molar-refractivity contribution in [2.45, 2.75) is 13.8 Å². The van der Waals surface area contributed by atoms with E-state index in [2.05, 4.69) is 15.6 Å². The molecule has 0 aromatic carbocycles. The summed E-state index contributed by atoms with van der Waals surface area (Å²) in [7, 11) is 1.62. The number of amides is 1. The Balaban J connectivity index is 2.42. The third-order valence-electron chi connectivity index (χ3n) is 2.69. The molecule has 1 aromatic heterocycles. The number of hydrogen-bond acceptors (Lipinski definition) is 5. The fourth-order valence-corrected chi connectivity index (χ4v) is 1.49. The van der Waals surface area contributed by atoms with E-state index >= 15 is 0 Å².